The van der Waals surface area contributed by atoms with Crippen molar-refractivity contribution in [2.24, 2.45) is 5.73 Å². The van der Waals surface area contributed by atoms with Crippen LogP contribution in [0.3, 0.4) is 0 Å². The fourth-order valence-corrected chi connectivity index (χ4v) is 1.54. The molecule has 1 rings (SSSR count). The number of hydrogen-bond acceptors (Lipinski definition) is 3. The lowest BCUT2D eigenvalue weighted by Crippen LogP contribution is -2.37. The molecule has 0 aliphatic rings. The highest BCUT2D eigenvalue weighted by Gasteiger charge is 2.22. The summed E-state index contributed by atoms with van der Waals surface area (Å²) in [6.45, 7) is 9.33. The van der Waals surface area contributed by atoms with Gasteiger partial charge in [-0.15, -0.1) is 6.58 Å². The largest absolute Gasteiger partial charge is 0.443 e. The molecule has 1 aromatic carbocycles. The van der Waals surface area contributed by atoms with Gasteiger partial charge >= 0.3 is 6.09 Å². The number of primary amides is 1. The van der Waals surface area contributed by atoms with E-state index in [4.69, 9.17) is 10.5 Å². The third-order valence-electron chi connectivity index (χ3n) is 2.39. The maximum absolute atomic E-state index is 12.1. The van der Waals surface area contributed by atoms with Crippen LogP contribution in [0.5, 0.6) is 0 Å². The molecule has 108 valence electrons. The average molecular weight is 276 g/mol. The number of carbonyl (C=O) groups excluding carboxylic acids is 2. The number of ether oxygens (including phenoxy) is 1. The highest BCUT2D eigenvalue weighted by molar-refractivity contribution is 5.94. The molecule has 0 aliphatic carbocycles. The minimum atomic E-state index is -0.580. The predicted octanol–water partition coefficient (Wildman–Crippen LogP) is 2.71. The summed E-state index contributed by atoms with van der Waals surface area (Å²) in [6.07, 6.45) is 1.13. The Kier molecular flexibility index (Phi) is 4.91. The first-order valence-corrected chi connectivity index (χ1v) is 6.26. The summed E-state index contributed by atoms with van der Waals surface area (Å²) < 4.78 is 5.33. The summed E-state index contributed by atoms with van der Waals surface area (Å²) in [6, 6.07) is 6.43. The average Bonchev–Trinajstić information content (AvgIpc) is 2.34. The highest BCUT2D eigenvalue weighted by Crippen LogP contribution is 2.19. The Bertz CT molecular complexity index is 501. The molecule has 5 nitrogen and oxygen atoms in total. The van der Waals surface area contributed by atoms with Crippen molar-refractivity contribution in [1.29, 1.82) is 0 Å². The van der Waals surface area contributed by atoms with Crippen molar-refractivity contribution in [1.82, 2.24) is 0 Å². The number of hydrogen-bond donors (Lipinski definition) is 1. The SMILES string of the molecule is C=CCN(C(=O)OC(C)(C)C)c1ccc(C(N)=O)cc1. The van der Waals surface area contributed by atoms with Gasteiger partial charge in [-0.05, 0) is 45.0 Å². The second-order valence-electron chi connectivity index (χ2n) is 5.29. The molecule has 2 N–H and O–H groups in total. The van der Waals surface area contributed by atoms with Gasteiger partial charge in [0.2, 0.25) is 5.91 Å². The van der Waals surface area contributed by atoms with Gasteiger partial charge in [0.15, 0.2) is 0 Å². The van der Waals surface area contributed by atoms with Crippen molar-refractivity contribution < 1.29 is 14.3 Å². The van der Waals surface area contributed by atoms with E-state index in [1.807, 2.05) is 0 Å². The minimum Gasteiger partial charge on any atom is -0.443 e. The molecule has 5 heteroatoms. The van der Waals surface area contributed by atoms with Crippen LogP contribution < -0.4 is 10.6 Å². The van der Waals surface area contributed by atoms with Gasteiger partial charge in [0.05, 0.1) is 0 Å². The monoisotopic (exact) mass is 276 g/mol. The van der Waals surface area contributed by atoms with Crippen molar-refractivity contribution in [3.8, 4) is 0 Å². The van der Waals surface area contributed by atoms with E-state index in [0.29, 0.717) is 17.8 Å². The highest BCUT2D eigenvalue weighted by atomic mass is 16.6. The van der Waals surface area contributed by atoms with E-state index in [1.165, 1.54) is 4.90 Å². The molecule has 0 radical (unpaired) electrons. The quantitative estimate of drug-likeness (QED) is 0.859. The van der Waals surface area contributed by atoms with Gasteiger partial charge in [-0.1, -0.05) is 6.08 Å². The molecule has 20 heavy (non-hydrogen) atoms. The van der Waals surface area contributed by atoms with E-state index in [-0.39, 0.29) is 0 Å². The molecule has 0 spiro atoms. The number of nitrogens with two attached hydrogens (primary N) is 1. The van der Waals surface area contributed by atoms with Gasteiger partial charge in [-0.25, -0.2) is 4.79 Å². The first-order valence-electron chi connectivity index (χ1n) is 6.26. The zero-order valence-electron chi connectivity index (χ0n) is 12.1. The standard InChI is InChI=1S/C15H20N2O3/c1-5-10-17(14(19)20-15(2,3)4)12-8-6-11(7-9-12)13(16)18/h5-9H,1,10H2,2-4H3,(H2,16,18). The Balaban J connectivity index is 2.98. The zero-order valence-corrected chi connectivity index (χ0v) is 12.1. The lowest BCUT2D eigenvalue weighted by atomic mass is 10.2. The van der Waals surface area contributed by atoms with E-state index in [9.17, 15) is 9.59 Å². The lowest BCUT2D eigenvalue weighted by molar-refractivity contribution is 0.0584. The molecular formula is C15H20N2O3. The summed E-state index contributed by atoms with van der Waals surface area (Å²) in [7, 11) is 0. The molecule has 0 atom stereocenters. The van der Waals surface area contributed by atoms with Crippen molar-refractivity contribution in [3.63, 3.8) is 0 Å². The number of benzene rings is 1. The van der Waals surface area contributed by atoms with E-state index in [2.05, 4.69) is 6.58 Å². The van der Waals surface area contributed by atoms with Gasteiger partial charge in [-0.2, -0.15) is 0 Å². The van der Waals surface area contributed by atoms with Crippen molar-refractivity contribution in [2.75, 3.05) is 11.4 Å². The van der Waals surface area contributed by atoms with Crippen LogP contribution in [0.25, 0.3) is 0 Å². The number of anilines is 1. The molecule has 0 unspecified atom stereocenters. The third-order valence-corrected chi connectivity index (χ3v) is 2.39. The van der Waals surface area contributed by atoms with Crippen molar-refractivity contribution in [2.45, 2.75) is 26.4 Å². The van der Waals surface area contributed by atoms with Gasteiger partial charge in [0, 0.05) is 17.8 Å². The predicted molar refractivity (Wildman–Crippen MR) is 78.7 cm³/mol. The third kappa shape index (κ3) is 4.42. The van der Waals surface area contributed by atoms with Crippen molar-refractivity contribution >= 4 is 17.7 Å². The summed E-state index contributed by atoms with van der Waals surface area (Å²) in [5, 5.41) is 0. The van der Waals surface area contributed by atoms with Crippen LogP contribution in [-0.2, 0) is 4.74 Å². The normalized spacial score (nSPS) is 10.8. The minimum absolute atomic E-state index is 0.310. The summed E-state index contributed by atoms with van der Waals surface area (Å²) >= 11 is 0. The van der Waals surface area contributed by atoms with Crippen LogP contribution in [0.2, 0.25) is 0 Å². The maximum Gasteiger partial charge on any atom is 0.415 e. The van der Waals surface area contributed by atoms with E-state index >= 15 is 0 Å². The second-order valence-corrected chi connectivity index (χ2v) is 5.29. The number of rotatable bonds is 4. The van der Waals surface area contributed by atoms with E-state index in [1.54, 1.807) is 51.1 Å². The molecule has 2 amide bonds. The molecule has 1 aromatic rings. The maximum atomic E-state index is 12.1. The van der Waals surface area contributed by atoms with Gasteiger partial charge in [0.1, 0.15) is 5.60 Å². The van der Waals surface area contributed by atoms with Gasteiger partial charge in [0.25, 0.3) is 0 Å². The number of amides is 2. The van der Waals surface area contributed by atoms with Crippen LogP contribution in [0.1, 0.15) is 31.1 Å². The molecule has 0 bridgehead atoms. The van der Waals surface area contributed by atoms with Crippen LogP contribution in [0, 0.1) is 0 Å². The summed E-state index contributed by atoms with van der Waals surface area (Å²) in [4.78, 5) is 24.6. The molecule has 0 saturated carbocycles. The topological polar surface area (TPSA) is 72.6 Å². The zero-order chi connectivity index (χ0) is 15.3. The van der Waals surface area contributed by atoms with Gasteiger partial charge in [-0.3, -0.25) is 9.69 Å². The molecule has 0 aromatic heterocycles. The lowest BCUT2D eigenvalue weighted by Gasteiger charge is -2.26. The first-order chi connectivity index (χ1) is 9.24. The number of nitrogens with zero attached hydrogens (tertiary/aromatic N) is 1. The molecule has 0 heterocycles. The molecule has 0 fully saturated rings. The number of carbonyl (C=O) groups is 2. The smallest absolute Gasteiger partial charge is 0.415 e. The van der Waals surface area contributed by atoms with Crippen LogP contribution in [0.15, 0.2) is 36.9 Å². The second kappa shape index (κ2) is 6.23. The Hall–Kier alpha value is -2.30. The van der Waals surface area contributed by atoms with Gasteiger partial charge < -0.3 is 10.5 Å². The van der Waals surface area contributed by atoms with E-state index in [0.717, 1.165) is 0 Å². The summed E-state index contributed by atoms with van der Waals surface area (Å²) in [5.41, 5.74) is 5.60. The Morgan fingerprint density at radius 2 is 1.85 bits per heavy atom. The van der Waals surface area contributed by atoms with Crippen molar-refractivity contribution in [3.05, 3.63) is 42.5 Å². The van der Waals surface area contributed by atoms with E-state index < -0.39 is 17.6 Å². The summed E-state index contributed by atoms with van der Waals surface area (Å²) in [5.74, 6) is -0.510. The van der Waals surface area contributed by atoms with Crippen LogP contribution >= 0.6 is 0 Å². The Labute approximate surface area is 119 Å². The fraction of sp³-hybridized carbons (Fsp3) is 0.333. The fourth-order valence-electron chi connectivity index (χ4n) is 1.54. The van der Waals surface area contributed by atoms with Crippen LogP contribution in [-0.4, -0.2) is 24.1 Å². The molecular weight excluding hydrogens is 256 g/mol. The molecule has 0 aliphatic heterocycles. The first kappa shape index (κ1) is 15.8. The Morgan fingerprint density at radius 3 is 2.25 bits per heavy atom. The molecule has 0 saturated heterocycles. The Morgan fingerprint density at radius 1 is 1.30 bits per heavy atom. The van der Waals surface area contributed by atoms with Crippen LogP contribution in [0.4, 0.5) is 10.5 Å².